The Kier molecular flexibility index (Phi) is 4.03. The second-order valence-electron chi connectivity index (χ2n) is 5.41. The Morgan fingerprint density at radius 3 is 2.39 bits per heavy atom. The van der Waals surface area contributed by atoms with Crippen molar-refractivity contribution in [1.29, 1.82) is 0 Å². The fourth-order valence-corrected chi connectivity index (χ4v) is 3.16. The first kappa shape index (κ1) is 13.5. The summed E-state index contributed by atoms with van der Waals surface area (Å²) in [4.78, 5) is 0. The van der Waals surface area contributed by atoms with Crippen molar-refractivity contribution >= 4 is 0 Å². The molecule has 1 saturated carbocycles. The lowest BCUT2D eigenvalue weighted by Gasteiger charge is -2.43. The fraction of sp³-hybridized carbons (Fsp3) is 0.600. The van der Waals surface area contributed by atoms with Crippen LogP contribution in [0, 0.1) is 5.82 Å². The summed E-state index contributed by atoms with van der Waals surface area (Å²) in [5.41, 5.74) is 7.34. The molecule has 0 aromatic heterocycles. The molecular formula is C15H22FNO. The van der Waals surface area contributed by atoms with Gasteiger partial charge in [-0.25, -0.2) is 4.39 Å². The summed E-state index contributed by atoms with van der Waals surface area (Å²) in [7, 11) is 0. The minimum absolute atomic E-state index is 0.0652. The van der Waals surface area contributed by atoms with E-state index in [0.717, 1.165) is 37.7 Å². The average Bonchev–Trinajstić information content (AvgIpc) is 2.40. The average molecular weight is 251 g/mol. The van der Waals surface area contributed by atoms with Gasteiger partial charge in [0.15, 0.2) is 0 Å². The third-order valence-electron chi connectivity index (χ3n) is 4.42. The first-order chi connectivity index (χ1) is 8.58. The first-order valence-corrected chi connectivity index (χ1v) is 6.78. The van der Waals surface area contributed by atoms with Gasteiger partial charge >= 0.3 is 0 Å². The van der Waals surface area contributed by atoms with E-state index in [0.29, 0.717) is 0 Å². The van der Waals surface area contributed by atoms with Crippen LogP contribution in [-0.4, -0.2) is 17.3 Å². The van der Waals surface area contributed by atoms with Crippen LogP contribution in [0.2, 0.25) is 0 Å². The van der Waals surface area contributed by atoms with Crippen molar-refractivity contribution in [3.8, 4) is 0 Å². The summed E-state index contributed by atoms with van der Waals surface area (Å²) in [6, 6.07) is 6.77. The second-order valence-corrected chi connectivity index (χ2v) is 5.41. The Bertz CT molecular complexity index is 382. The molecular weight excluding hydrogens is 229 g/mol. The van der Waals surface area contributed by atoms with Crippen LogP contribution >= 0.6 is 0 Å². The van der Waals surface area contributed by atoms with Crippen molar-refractivity contribution in [2.24, 2.45) is 5.73 Å². The number of aliphatic hydroxyl groups excluding tert-OH is 1. The minimum Gasteiger partial charge on any atom is -0.393 e. The van der Waals surface area contributed by atoms with E-state index in [4.69, 9.17) is 5.73 Å². The van der Waals surface area contributed by atoms with Gasteiger partial charge in [-0.1, -0.05) is 19.1 Å². The van der Waals surface area contributed by atoms with E-state index in [-0.39, 0.29) is 23.4 Å². The highest BCUT2D eigenvalue weighted by Gasteiger charge is 2.40. The highest BCUT2D eigenvalue weighted by Crippen LogP contribution is 2.42. The van der Waals surface area contributed by atoms with Crippen molar-refractivity contribution in [1.82, 2.24) is 0 Å². The number of aliphatic hydroxyl groups is 1. The molecule has 0 bridgehead atoms. The van der Waals surface area contributed by atoms with E-state index in [1.807, 2.05) is 12.1 Å². The zero-order valence-corrected chi connectivity index (χ0v) is 10.9. The van der Waals surface area contributed by atoms with Crippen molar-refractivity contribution in [3.63, 3.8) is 0 Å². The third-order valence-corrected chi connectivity index (χ3v) is 4.42. The number of hydrogen-bond acceptors (Lipinski definition) is 2. The lowest BCUT2D eigenvalue weighted by Crippen LogP contribution is -2.48. The zero-order chi connectivity index (χ0) is 13.2. The monoisotopic (exact) mass is 251 g/mol. The number of hydrogen-bond donors (Lipinski definition) is 2. The van der Waals surface area contributed by atoms with Crippen LogP contribution in [0.5, 0.6) is 0 Å². The van der Waals surface area contributed by atoms with Crippen LogP contribution in [-0.2, 0) is 5.41 Å². The van der Waals surface area contributed by atoms with Gasteiger partial charge in [0, 0.05) is 11.5 Å². The maximum absolute atomic E-state index is 13.1. The molecule has 100 valence electrons. The normalized spacial score (nSPS) is 30.1. The summed E-state index contributed by atoms with van der Waals surface area (Å²) < 4.78 is 13.1. The van der Waals surface area contributed by atoms with Crippen molar-refractivity contribution in [3.05, 3.63) is 35.6 Å². The molecule has 0 amide bonds. The largest absolute Gasteiger partial charge is 0.393 e. The standard InChI is InChI=1S/C15H22FNO/c1-2-14(17)15(9-7-13(18)8-10-15)11-3-5-12(16)6-4-11/h3-6,13-14,18H,2,7-10,17H2,1H3/t13-,14-,15-/m1/s1. The van der Waals surface area contributed by atoms with Crippen LogP contribution in [0.25, 0.3) is 0 Å². The summed E-state index contributed by atoms with van der Waals surface area (Å²) in [6.07, 6.45) is 4.02. The van der Waals surface area contributed by atoms with Gasteiger partial charge < -0.3 is 10.8 Å². The van der Waals surface area contributed by atoms with E-state index in [9.17, 15) is 9.50 Å². The van der Waals surface area contributed by atoms with Crippen LogP contribution in [0.15, 0.2) is 24.3 Å². The third kappa shape index (κ3) is 2.43. The predicted molar refractivity (Wildman–Crippen MR) is 70.8 cm³/mol. The van der Waals surface area contributed by atoms with Crippen molar-refractivity contribution in [2.45, 2.75) is 56.6 Å². The number of rotatable bonds is 3. The Hall–Kier alpha value is -0.930. The highest BCUT2D eigenvalue weighted by molar-refractivity contribution is 5.29. The molecule has 18 heavy (non-hydrogen) atoms. The number of halogens is 1. The molecule has 1 aromatic carbocycles. The van der Waals surface area contributed by atoms with Gasteiger partial charge in [0.1, 0.15) is 5.82 Å². The summed E-state index contributed by atoms with van der Waals surface area (Å²) in [5.74, 6) is -0.213. The SMILES string of the molecule is CC[C@@H](N)[C@]1(c2ccc(F)cc2)CC[C@@H](O)CC1. The summed E-state index contributed by atoms with van der Waals surface area (Å²) in [6.45, 7) is 2.08. The molecule has 2 rings (SSSR count). The van der Waals surface area contributed by atoms with E-state index in [2.05, 4.69) is 6.92 Å². The molecule has 3 N–H and O–H groups in total. The lowest BCUT2D eigenvalue weighted by molar-refractivity contribution is 0.0848. The molecule has 0 radical (unpaired) electrons. The van der Waals surface area contributed by atoms with Gasteiger partial charge in [0.05, 0.1) is 6.10 Å². The van der Waals surface area contributed by atoms with Gasteiger partial charge in [-0.15, -0.1) is 0 Å². The molecule has 1 fully saturated rings. The molecule has 0 saturated heterocycles. The smallest absolute Gasteiger partial charge is 0.123 e. The molecule has 2 nitrogen and oxygen atoms in total. The molecule has 1 atom stereocenters. The molecule has 0 spiro atoms. The highest BCUT2D eigenvalue weighted by atomic mass is 19.1. The molecule has 1 aliphatic carbocycles. The Balaban J connectivity index is 2.33. The molecule has 1 aromatic rings. The summed E-state index contributed by atoms with van der Waals surface area (Å²) in [5, 5.41) is 9.69. The minimum atomic E-state index is -0.213. The number of nitrogens with two attached hydrogens (primary N) is 1. The van der Waals surface area contributed by atoms with Gasteiger partial charge in [-0.2, -0.15) is 0 Å². The fourth-order valence-electron chi connectivity index (χ4n) is 3.16. The van der Waals surface area contributed by atoms with Gasteiger partial charge in [0.2, 0.25) is 0 Å². The van der Waals surface area contributed by atoms with E-state index in [1.54, 1.807) is 0 Å². The van der Waals surface area contributed by atoms with E-state index in [1.165, 1.54) is 12.1 Å². The Labute approximate surface area is 108 Å². The zero-order valence-electron chi connectivity index (χ0n) is 10.9. The van der Waals surface area contributed by atoms with E-state index < -0.39 is 0 Å². The number of benzene rings is 1. The quantitative estimate of drug-likeness (QED) is 0.867. The summed E-state index contributed by atoms with van der Waals surface area (Å²) >= 11 is 0. The van der Waals surface area contributed by atoms with E-state index >= 15 is 0 Å². The Morgan fingerprint density at radius 1 is 1.33 bits per heavy atom. The lowest BCUT2D eigenvalue weighted by atomic mass is 9.64. The van der Waals surface area contributed by atoms with Gasteiger partial charge in [-0.3, -0.25) is 0 Å². The second kappa shape index (κ2) is 5.37. The maximum atomic E-state index is 13.1. The van der Waals surface area contributed by atoms with Gasteiger partial charge in [0.25, 0.3) is 0 Å². The predicted octanol–water partition coefficient (Wildman–Crippen LogP) is 2.74. The van der Waals surface area contributed by atoms with Crippen LogP contribution < -0.4 is 5.73 Å². The molecule has 0 heterocycles. The topological polar surface area (TPSA) is 46.2 Å². The Morgan fingerprint density at radius 2 is 1.89 bits per heavy atom. The molecule has 1 aliphatic rings. The van der Waals surface area contributed by atoms with Crippen molar-refractivity contribution in [2.75, 3.05) is 0 Å². The van der Waals surface area contributed by atoms with Crippen molar-refractivity contribution < 1.29 is 9.50 Å². The van der Waals surface area contributed by atoms with Crippen LogP contribution in [0.4, 0.5) is 4.39 Å². The first-order valence-electron chi connectivity index (χ1n) is 6.78. The molecule has 0 aliphatic heterocycles. The maximum Gasteiger partial charge on any atom is 0.123 e. The molecule has 0 unspecified atom stereocenters. The van der Waals surface area contributed by atoms with Gasteiger partial charge in [-0.05, 0) is 49.8 Å². The van der Waals surface area contributed by atoms with Crippen LogP contribution in [0.1, 0.15) is 44.6 Å². The molecule has 3 heteroatoms. The van der Waals surface area contributed by atoms with Crippen LogP contribution in [0.3, 0.4) is 0 Å².